The molecule has 0 aliphatic heterocycles. The van der Waals surface area contributed by atoms with E-state index in [1.165, 1.54) is 10.8 Å². The van der Waals surface area contributed by atoms with Gasteiger partial charge in [0.05, 0.1) is 14.2 Å². The molecule has 5 nitrogen and oxygen atoms in total. The number of carbonyl (C=O) groups excluding carboxylic acids is 1. The number of rotatable bonds is 7. The van der Waals surface area contributed by atoms with E-state index in [1.54, 1.807) is 32.4 Å². The van der Waals surface area contributed by atoms with E-state index >= 15 is 0 Å². The highest BCUT2D eigenvalue weighted by molar-refractivity contribution is 5.95. The Bertz CT molecular complexity index is 903. The number of carbonyl (C=O) groups is 1. The quantitative estimate of drug-likeness (QED) is 0.638. The fourth-order valence-corrected chi connectivity index (χ4v) is 2.83. The van der Waals surface area contributed by atoms with Crippen LogP contribution in [-0.2, 0) is 0 Å². The first-order chi connectivity index (χ1) is 12.7. The van der Waals surface area contributed by atoms with Crippen LogP contribution in [-0.4, -0.2) is 33.2 Å². The zero-order valence-electron chi connectivity index (χ0n) is 14.9. The molecule has 0 saturated heterocycles. The summed E-state index contributed by atoms with van der Waals surface area (Å²) in [5.41, 5.74) is 1.59. The molecule has 0 bridgehead atoms. The van der Waals surface area contributed by atoms with Crippen molar-refractivity contribution in [1.29, 1.82) is 0 Å². The van der Waals surface area contributed by atoms with Crippen LogP contribution in [0.2, 0.25) is 0 Å². The molecule has 0 aliphatic carbocycles. The van der Waals surface area contributed by atoms with Crippen LogP contribution in [0.4, 0.5) is 5.69 Å². The Hall–Kier alpha value is -3.21. The number of ether oxygens (including phenoxy) is 2. The summed E-state index contributed by atoms with van der Waals surface area (Å²) in [6.07, 6.45) is 0. The molecule has 2 N–H and O–H groups in total. The number of benzene rings is 3. The van der Waals surface area contributed by atoms with E-state index in [4.69, 9.17) is 9.47 Å². The van der Waals surface area contributed by atoms with E-state index in [0.717, 1.165) is 5.69 Å². The van der Waals surface area contributed by atoms with E-state index in [-0.39, 0.29) is 5.91 Å². The summed E-state index contributed by atoms with van der Waals surface area (Å²) in [5, 5.41) is 8.64. The maximum absolute atomic E-state index is 12.3. The lowest BCUT2D eigenvalue weighted by molar-refractivity contribution is 0.0955. The highest BCUT2D eigenvalue weighted by atomic mass is 16.5. The molecule has 1 amide bonds. The van der Waals surface area contributed by atoms with Crippen molar-refractivity contribution in [2.45, 2.75) is 0 Å². The standard InChI is InChI=1S/C21H22N2O3/c1-25-19-11-10-16(14-20(19)26-2)21(24)23-13-12-22-18-9-5-7-15-6-3-4-8-17(15)18/h3-11,14,22H,12-13H2,1-2H3,(H,23,24). The summed E-state index contributed by atoms with van der Waals surface area (Å²) in [5.74, 6) is 0.987. The molecule has 5 heteroatoms. The average Bonchev–Trinajstić information content (AvgIpc) is 2.70. The van der Waals surface area contributed by atoms with Gasteiger partial charge in [0.15, 0.2) is 11.5 Å². The molecule has 0 fully saturated rings. The molecule has 0 atom stereocenters. The van der Waals surface area contributed by atoms with E-state index in [2.05, 4.69) is 28.8 Å². The van der Waals surface area contributed by atoms with Crippen LogP contribution in [0.1, 0.15) is 10.4 Å². The first-order valence-corrected chi connectivity index (χ1v) is 8.45. The van der Waals surface area contributed by atoms with E-state index in [1.807, 2.05) is 24.3 Å². The van der Waals surface area contributed by atoms with E-state index in [9.17, 15) is 4.79 Å². The Morgan fingerprint density at radius 3 is 2.46 bits per heavy atom. The maximum atomic E-state index is 12.3. The van der Waals surface area contributed by atoms with Crippen molar-refractivity contribution >= 4 is 22.4 Å². The summed E-state index contributed by atoms with van der Waals surface area (Å²) in [7, 11) is 3.12. The van der Waals surface area contributed by atoms with Crippen molar-refractivity contribution in [2.24, 2.45) is 0 Å². The molecule has 0 radical (unpaired) electrons. The Morgan fingerprint density at radius 1 is 0.885 bits per heavy atom. The van der Waals surface area contributed by atoms with E-state index < -0.39 is 0 Å². The summed E-state index contributed by atoms with van der Waals surface area (Å²) >= 11 is 0. The third-order valence-corrected chi connectivity index (χ3v) is 4.16. The highest BCUT2D eigenvalue weighted by Crippen LogP contribution is 2.27. The van der Waals surface area contributed by atoms with Gasteiger partial charge in [0.2, 0.25) is 0 Å². The molecule has 0 spiro atoms. The zero-order chi connectivity index (χ0) is 18.4. The largest absolute Gasteiger partial charge is 0.493 e. The van der Waals surface area contributed by atoms with Gasteiger partial charge in [-0.3, -0.25) is 4.79 Å². The summed E-state index contributed by atoms with van der Waals surface area (Å²) in [6, 6.07) is 19.5. The number of hydrogen-bond donors (Lipinski definition) is 2. The second kappa shape index (κ2) is 8.25. The normalized spacial score (nSPS) is 10.4. The second-order valence-corrected chi connectivity index (χ2v) is 5.78. The van der Waals surface area contributed by atoms with Gasteiger partial charge in [0.25, 0.3) is 5.91 Å². The molecule has 3 aromatic rings. The van der Waals surface area contributed by atoms with Gasteiger partial charge >= 0.3 is 0 Å². The van der Waals surface area contributed by atoms with Crippen molar-refractivity contribution in [3.8, 4) is 11.5 Å². The number of nitrogens with one attached hydrogen (secondary N) is 2. The highest BCUT2D eigenvalue weighted by Gasteiger charge is 2.10. The summed E-state index contributed by atoms with van der Waals surface area (Å²) in [6.45, 7) is 1.14. The first-order valence-electron chi connectivity index (χ1n) is 8.45. The SMILES string of the molecule is COc1ccc(C(=O)NCCNc2cccc3ccccc23)cc1OC. The first kappa shape index (κ1) is 17.6. The van der Waals surface area contributed by atoms with Crippen LogP contribution in [0.25, 0.3) is 10.8 Å². The van der Waals surface area contributed by atoms with Crippen molar-refractivity contribution < 1.29 is 14.3 Å². The molecule has 0 saturated carbocycles. The second-order valence-electron chi connectivity index (χ2n) is 5.78. The summed E-state index contributed by atoms with van der Waals surface area (Å²) < 4.78 is 10.4. The smallest absolute Gasteiger partial charge is 0.251 e. The van der Waals surface area contributed by atoms with Crippen molar-refractivity contribution in [2.75, 3.05) is 32.6 Å². The third kappa shape index (κ3) is 3.88. The lowest BCUT2D eigenvalue weighted by atomic mass is 10.1. The monoisotopic (exact) mass is 350 g/mol. The van der Waals surface area contributed by atoms with Crippen molar-refractivity contribution in [3.05, 3.63) is 66.2 Å². The molecule has 0 aromatic heterocycles. The van der Waals surface area contributed by atoms with Gasteiger partial charge in [0.1, 0.15) is 0 Å². The minimum absolute atomic E-state index is 0.148. The number of methoxy groups -OCH3 is 2. The fourth-order valence-electron chi connectivity index (χ4n) is 2.83. The van der Waals surface area contributed by atoms with Crippen LogP contribution in [0, 0.1) is 0 Å². The molecule has 0 heterocycles. The van der Waals surface area contributed by atoms with Crippen LogP contribution in [0.5, 0.6) is 11.5 Å². The lowest BCUT2D eigenvalue weighted by Crippen LogP contribution is -2.28. The molecule has 3 rings (SSSR count). The van der Waals surface area contributed by atoms with Gasteiger partial charge in [-0.1, -0.05) is 36.4 Å². The minimum atomic E-state index is -0.148. The molecule has 3 aromatic carbocycles. The molecule has 134 valence electrons. The minimum Gasteiger partial charge on any atom is -0.493 e. The summed E-state index contributed by atoms with van der Waals surface area (Å²) in [4.78, 5) is 12.3. The van der Waals surface area contributed by atoms with Crippen molar-refractivity contribution in [3.63, 3.8) is 0 Å². The van der Waals surface area contributed by atoms with Crippen LogP contribution < -0.4 is 20.1 Å². The predicted molar refractivity (Wildman–Crippen MR) is 104 cm³/mol. The van der Waals surface area contributed by atoms with E-state index in [0.29, 0.717) is 30.2 Å². The van der Waals surface area contributed by atoms with Gasteiger partial charge in [-0.25, -0.2) is 0 Å². The Balaban J connectivity index is 1.57. The van der Waals surface area contributed by atoms with Gasteiger partial charge in [-0.2, -0.15) is 0 Å². The van der Waals surface area contributed by atoms with Gasteiger partial charge < -0.3 is 20.1 Å². The third-order valence-electron chi connectivity index (χ3n) is 4.16. The average molecular weight is 350 g/mol. The van der Waals surface area contributed by atoms with Gasteiger partial charge in [-0.05, 0) is 29.7 Å². The molecule has 26 heavy (non-hydrogen) atoms. The van der Waals surface area contributed by atoms with Crippen LogP contribution in [0.3, 0.4) is 0 Å². The lowest BCUT2D eigenvalue weighted by Gasteiger charge is -2.12. The maximum Gasteiger partial charge on any atom is 0.251 e. The van der Waals surface area contributed by atoms with Crippen LogP contribution in [0.15, 0.2) is 60.7 Å². The zero-order valence-corrected chi connectivity index (χ0v) is 14.9. The molecular formula is C21H22N2O3. The Morgan fingerprint density at radius 2 is 1.65 bits per heavy atom. The van der Waals surface area contributed by atoms with Gasteiger partial charge in [0, 0.05) is 29.7 Å². The number of fused-ring (bicyclic) bond motifs is 1. The molecule has 0 unspecified atom stereocenters. The molecular weight excluding hydrogens is 328 g/mol. The number of anilines is 1. The molecule has 0 aliphatic rings. The number of amides is 1. The van der Waals surface area contributed by atoms with Gasteiger partial charge in [-0.15, -0.1) is 0 Å². The fraction of sp³-hybridized carbons (Fsp3) is 0.190. The van der Waals surface area contributed by atoms with Crippen molar-refractivity contribution in [1.82, 2.24) is 5.32 Å². The Labute approximate surface area is 152 Å². The number of hydrogen-bond acceptors (Lipinski definition) is 4. The Kier molecular flexibility index (Phi) is 5.59. The topological polar surface area (TPSA) is 59.6 Å². The van der Waals surface area contributed by atoms with Crippen LogP contribution >= 0.6 is 0 Å². The predicted octanol–water partition coefficient (Wildman–Crippen LogP) is 3.70.